The van der Waals surface area contributed by atoms with Gasteiger partial charge in [-0.2, -0.15) is 0 Å². The van der Waals surface area contributed by atoms with Crippen molar-refractivity contribution in [1.82, 2.24) is 20.1 Å². The summed E-state index contributed by atoms with van der Waals surface area (Å²) in [4.78, 5) is 17.3. The summed E-state index contributed by atoms with van der Waals surface area (Å²) in [5, 5.41) is 8.51. The lowest BCUT2D eigenvalue weighted by Gasteiger charge is -2.18. The van der Waals surface area contributed by atoms with Gasteiger partial charge >= 0.3 is 0 Å². The first kappa shape index (κ1) is 19.7. The molecule has 1 fully saturated rings. The van der Waals surface area contributed by atoms with E-state index in [9.17, 15) is 4.79 Å². The normalized spacial score (nSPS) is 14.5. The Morgan fingerprint density at radius 2 is 1.83 bits per heavy atom. The highest BCUT2D eigenvalue weighted by atomic mass is 32.2. The molecule has 0 radical (unpaired) electrons. The molecule has 1 saturated carbocycles. The van der Waals surface area contributed by atoms with Gasteiger partial charge in [-0.1, -0.05) is 73.6 Å². The fourth-order valence-electron chi connectivity index (χ4n) is 3.39. The summed E-state index contributed by atoms with van der Waals surface area (Å²) in [5.74, 6) is 1.82. The zero-order valence-corrected chi connectivity index (χ0v) is 17.4. The van der Waals surface area contributed by atoms with Gasteiger partial charge in [-0.25, -0.2) is 9.67 Å². The molecule has 0 bridgehead atoms. The van der Waals surface area contributed by atoms with Crippen molar-refractivity contribution in [2.24, 2.45) is 0 Å². The number of carbonyl (C=O) groups excluding carboxylic acids is 1. The first-order valence-corrected chi connectivity index (χ1v) is 11.2. The molecule has 1 aliphatic carbocycles. The Morgan fingerprint density at radius 3 is 2.48 bits per heavy atom. The Hall–Kier alpha value is -2.60. The van der Waals surface area contributed by atoms with Crippen molar-refractivity contribution in [3.63, 3.8) is 0 Å². The SMILES string of the molecule is CCC[C@H](NC(=O)CSc1nc(C2CC2)n(-c2ccccc2)n1)c1ccccc1. The lowest BCUT2D eigenvalue weighted by atomic mass is 10.0. The van der Waals surface area contributed by atoms with Gasteiger partial charge in [-0.15, -0.1) is 5.10 Å². The summed E-state index contributed by atoms with van der Waals surface area (Å²) in [6.45, 7) is 2.14. The van der Waals surface area contributed by atoms with Crippen molar-refractivity contribution in [2.45, 2.75) is 49.7 Å². The molecule has 0 saturated heterocycles. The fraction of sp³-hybridized carbons (Fsp3) is 0.348. The van der Waals surface area contributed by atoms with Crippen LogP contribution in [0.3, 0.4) is 0 Å². The van der Waals surface area contributed by atoms with Gasteiger partial charge in [-0.3, -0.25) is 4.79 Å². The third kappa shape index (κ3) is 5.07. The van der Waals surface area contributed by atoms with E-state index in [2.05, 4.69) is 29.5 Å². The standard InChI is InChI=1S/C23H26N4OS/c1-2-9-20(17-10-5-3-6-11-17)24-21(28)16-29-23-25-22(18-14-15-18)27(26-23)19-12-7-4-8-13-19/h3-8,10-13,18,20H,2,9,14-16H2,1H3,(H,24,28)/t20-/m0/s1. The van der Waals surface area contributed by atoms with Gasteiger partial charge in [0.25, 0.3) is 0 Å². The lowest BCUT2D eigenvalue weighted by Crippen LogP contribution is -2.30. The van der Waals surface area contributed by atoms with E-state index in [1.807, 2.05) is 53.2 Å². The molecule has 0 aliphatic heterocycles. The predicted octanol–water partition coefficient (Wildman–Crippen LogP) is 4.89. The Balaban J connectivity index is 1.41. The van der Waals surface area contributed by atoms with Gasteiger partial charge in [0, 0.05) is 5.92 Å². The maximum absolute atomic E-state index is 12.6. The molecular formula is C23H26N4OS. The van der Waals surface area contributed by atoms with Crippen molar-refractivity contribution in [3.05, 3.63) is 72.1 Å². The minimum atomic E-state index is 0.0151. The van der Waals surface area contributed by atoms with E-state index in [4.69, 9.17) is 4.98 Å². The summed E-state index contributed by atoms with van der Waals surface area (Å²) in [6.07, 6.45) is 4.26. The van der Waals surface area contributed by atoms with Crippen molar-refractivity contribution in [2.75, 3.05) is 5.75 Å². The summed E-state index contributed by atoms with van der Waals surface area (Å²) in [7, 11) is 0. The Bertz CT molecular complexity index is 938. The van der Waals surface area contributed by atoms with Crippen LogP contribution in [0.1, 0.15) is 56.0 Å². The number of thioether (sulfide) groups is 1. The zero-order valence-electron chi connectivity index (χ0n) is 16.6. The Kier molecular flexibility index (Phi) is 6.30. The molecule has 29 heavy (non-hydrogen) atoms. The molecule has 1 atom stereocenters. The van der Waals surface area contributed by atoms with E-state index >= 15 is 0 Å². The number of hydrogen-bond donors (Lipinski definition) is 1. The second-order valence-corrected chi connectivity index (χ2v) is 8.32. The Morgan fingerprint density at radius 1 is 1.14 bits per heavy atom. The van der Waals surface area contributed by atoms with Gasteiger partial charge in [-0.05, 0) is 37.0 Å². The number of aromatic nitrogens is 3. The lowest BCUT2D eigenvalue weighted by molar-refractivity contribution is -0.119. The van der Waals surface area contributed by atoms with Gasteiger partial charge in [0.1, 0.15) is 5.82 Å². The highest BCUT2D eigenvalue weighted by Gasteiger charge is 2.30. The molecule has 0 unspecified atom stereocenters. The number of para-hydroxylation sites is 1. The van der Waals surface area contributed by atoms with E-state index in [0.29, 0.717) is 16.8 Å². The molecule has 3 aromatic rings. The second kappa shape index (κ2) is 9.27. The van der Waals surface area contributed by atoms with Crippen molar-refractivity contribution >= 4 is 17.7 Å². The van der Waals surface area contributed by atoms with E-state index < -0.39 is 0 Å². The monoisotopic (exact) mass is 406 g/mol. The molecule has 150 valence electrons. The third-order valence-electron chi connectivity index (χ3n) is 5.00. The topological polar surface area (TPSA) is 59.8 Å². The molecular weight excluding hydrogens is 380 g/mol. The van der Waals surface area contributed by atoms with Gasteiger partial charge < -0.3 is 5.32 Å². The maximum Gasteiger partial charge on any atom is 0.230 e. The van der Waals surface area contributed by atoms with Crippen LogP contribution in [0.25, 0.3) is 5.69 Å². The quantitative estimate of drug-likeness (QED) is 0.514. The van der Waals surface area contributed by atoms with E-state index in [0.717, 1.165) is 42.8 Å². The first-order chi connectivity index (χ1) is 14.2. The minimum Gasteiger partial charge on any atom is -0.349 e. The summed E-state index contributed by atoms with van der Waals surface area (Å²) in [5.41, 5.74) is 2.17. The van der Waals surface area contributed by atoms with Crippen LogP contribution in [0.15, 0.2) is 65.8 Å². The predicted molar refractivity (Wildman–Crippen MR) is 116 cm³/mol. The van der Waals surface area contributed by atoms with Crippen molar-refractivity contribution in [3.8, 4) is 5.69 Å². The molecule has 1 aliphatic rings. The van der Waals surface area contributed by atoms with Crippen molar-refractivity contribution in [1.29, 1.82) is 0 Å². The van der Waals surface area contributed by atoms with Crippen LogP contribution in [0, 0.1) is 0 Å². The molecule has 5 nitrogen and oxygen atoms in total. The van der Waals surface area contributed by atoms with Gasteiger partial charge in [0.05, 0.1) is 17.5 Å². The molecule has 0 spiro atoms. The molecule has 2 aromatic carbocycles. The van der Waals surface area contributed by atoms with Crippen LogP contribution in [0.4, 0.5) is 0 Å². The second-order valence-electron chi connectivity index (χ2n) is 7.38. The van der Waals surface area contributed by atoms with Crippen LogP contribution < -0.4 is 5.32 Å². The minimum absolute atomic E-state index is 0.0151. The van der Waals surface area contributed by atoms with E-state index in [1.54, 1.807) is 0 Å². The average molecular weight is 407 g/mol. The van der Waals surface area contributed by atoms with Crippen LogP contribution in [0.2, 0.25) is 0 Å². The Labute approximate surface area is 175 Å². The molecule has 1 aromatic heterocycles. The van der Waals surface area contributed by atoms with Crippen LogP contribution in [0.5, 0.6) is 0 Å². The fourth-order valence-corrected chi connectivity index (χ4v) is 4.03. The molecule has 1 amide bonds. The molecule has 1 N–H and O–H groups in total. The van der Waals surface area contributed by atoms with Crippen LogP contribution >= 0.6 is 11.8 Å². The molecule has 6 heteroatoms. The first-order valence-electron chi connectivity index (χ1n) is 10.2. The number of amides is 1. The number of hydrogen-bond acceptors (Lipinski definition) is 4. The van der Waals surface area contributed by atoms with Gasteiger partial charge in [0.2, 0.25) is 11.1 Å². The van der Waals surface area contributed by atoms with E-state index in [1.165, 1.54) is 11.8 Å². The van der Waals surface area contributed by atoms with Gasteiger partial charge in [0.15, 0.2) is 0 Å². The van der Waals surface area contributed by atoms with Crippen LogP contribution in [-0.2, 0) is 4.79 Å². The molecule has 1 heterocycles. The highest BCUT2D eigenvalue weighted by molar-refractivity contribution is 7.99. The number of rotatable bonds is 9. The number of benzene rings is 2. The number of nitrogens with one attached hydrogen (secondary N) is 1. The maximum atomic E-state index is 12.6. The molecule has 4 rings (SSSR count). The summed E-state index contributed by atoms with van der Waals surface area (Å²) in [6, 6.07) is 20.3. The number of nitrogens with zero attached hydrogens (tertiary/aromatic N) is 3. The summed E-state index contributed by atoms with van der Waals surface area (Å²) < 4.78 is 1.93. The smallest absolute Gasteiger partial charge is 0.230 e. The van der Waals surface area contributed by atoms with Crippen molar-refractivity contribution < 1.29 is 4.79 Å². The average Bonchev–Trinajstić information content (AvgIpc) is 3.52. The number of carbonyl (C=O) groups is 1. The zero-order chi connectivity index (χ0) is 20.1. The van der Waals surface area contributed by atoms with E-state index in [-0.39, 0.29) is 11.9 Å². The third-order valence-corrected chi connectivity index (χ3v) is 5.84. The highest BCUT2D eigenvalue weighted by Crippen LogP contribution is 2.40. The largest absolute Gasteiger partial charge is 0.349 e. The summed E-state index contributed by atoms with van der Waals surface area (Å²) >= 11 is 1.40. The van der Waals surface area contributed by atoms with Crippen LogP contribution in [-0.4, -0.2) is 26.4 Å².